The molecule has 3 aliphatic rings. The number of carbonyl (C=O) groups is 2. The number of likely N-dealkylation sites (N-methyl/N-ethyl adjacent to an activating group) is 1. The largest absolute Gasteiger partial charge is 0.380 e. The van der Waals surface area contributed by atoms with Crippen LogP contribution in [0, 0.1) is 0 Å². The molecule has 0 bridgehead atoms. The molecule has 158 valence electrons. The number of hydrogen-bond donors (Lipinski definition) is 1. The zero-order chi connectivity index (χ0) is 20.4. The second-order valence-electron chi connectivity index (χ2n) is 7.87. The lowest BCUT2D eigenvalue weighted by Crippen LogP contribution is -2.66. The normalized spacial score (nSPS) is 28.0. The summed E-state index contributed by atoms with van der Waals surface area (Å²) in [5.41, 5.74) is 1.31. The molecule has 0 radical (unpaired) electrons. The van der Waals surface area contributed by atoms with Crippen LogP contribution >= 0.6 is 0 Å². The highest BCUT2D eigenvalue weighted by atomic mass is 16.5. The van der Waals surface area contributed by atoms with Gasteiger partial charge in [0.25, 0.3) is 5.91 Å². The Labute approximate surface area is 172 Å². The molecule has 0 aliphatic carbocycles. The number of imide groups is 1. The fraction of sp³-hybridized carbons (Fsp3) is 0.619. The Bertz CT molecular complexity index is 730. The Kier molecular flexibility index (Phi) is 6.15. The molecule has 8 heteroatoms. The summed E-state index contributed by atoms with van der Waals surface area (Å²) in [6.07, 6.45) is 1.67. The van der Waals surface area contributed by atoms with E-state index in [9.17, 15) is 9.59 Å². The van der Waals surface area contributed by atoms with Crippen LogP contribution in [0.2, 0.25) is 0 Å². The summed E-state index contributed by atoms with van der Waals surface area (Å²) in [5, 5.41) is 3.56. The lowest BCUT2D eigenvalue weighted by molar-refractivity contribution is -0.140. The standard InChI is InChI=1S/C21H31N5O3/c1-3-29-15-14-26-19(27)17-18(23(2)21(26)28)22-20-24(11-7-12-25(17)20)13-10-16-8-5-4-6-9-16/h4-6,8-9,17-18,20,22H,3,7,10-15H2,1-2H3. The first kappa shape index (κ1) is 20.3. The molecule has 1 aromatic carbocycles. The van der Waals surface area contributed by atoms with Crippen molar-refractivity contribution in [1.29, 1.82) is 0 Å². The average Bonchev–Trinajstić information content (AvgIpc) is 3.14. The van der Waals surface area contributed by atoms with Crippen LogP contribution in [-0.4, -0.2) is 96.5 Å². The van der Waals surface area contributed by atoms with Crippen molar-refractivity contribution in [2.75, 3.05) is 46.4 Å². The number of carbonyl (C=O) groups excluding carboxylic acids is 2. The first-order valence-corrected chi connectivity index (χ1v) is 10.6. The van der Waals surface area contributed by atoms with Crippen LogP contribution in [0.5, 0.6) is 0 Å². The molecule has 3 saturated heterocycles. The van der Waals surface area contributed by atoms with Crippen molar-refractivity contribution in [3.63, 3.8) is 0 Å². The Morgan fingerprint density at radius 1 is 1.14 bits per heavy atom. The molecular formula is C21H31N5O3. The van der Waals surface area contributed by atoms with Crippen molar-refractivity contribution in [3.05, 3.63) is 35.9 Å². The molecule has 1 N–H and O–H groups in total. The van der Waals surface area contributed by atoms with Crippen molar-refractivity contribution in [2.24, 2.45) is 0 Å². The molecular weight excluding hydrogens is 370 g/mol. The van der Waals surface area contributed by atoms with E-state index in [2.05, 4.69) is 39.4 Å². The lowest BCUT2D eigenvalue weighted by Gasteiger charge is -2.43. The fourth-order valence-electron chi connectivity index (χ4n) is 4.65. The molecule has 29 heavy (non-hydrogen) atoms. The SMILES string of the molecule is CCOCCN1C(=O)C2C(NC3N(CCc4ccccc4)CCCN23)N(C)C1=O. The van der Waals surface area contributed by atoms with Crippen molar-refractivity contribution in [3.8, 4) is 0 Å². The van der Waals surface area contributed by atoms with Crippen LogP contribution in [0.1, 0.15) is 18.9 Å². The summed E-state index contributed by atoms with van der Waals surface area (Å²) >= 11 is 0. The number of urea groups is 1. The third-order valence-corrected chi connectivity index (χ3v) is 6.16. The maximum Gasteiger partial charge on any atom is 0.327 e. The minimum Gasteiger partial charge on any atom is -0.380 e. The van der Waals surface area contributed by atoms with Crippen molar-refractivity contribution in [1.82, 2.24) is 24.9 Å². The van der Waals surface area contributed by atoms with Crippen molar-refractivity contribution in [2.45, 2.75) is 38.3 Å². The zero-order valence-corrected chi connectivity index (χ0v) is 17.3. The van der Waals surface area contributed by atoms with Gasteiger partial charge in [0.05, 0.1) is 13.2 Å². The van der Waals surface area contributed by atoms with Gasteiger partial charge in [-0.05, 0) is 25.3 Å². The number of amides is 3. The first-order valence-electron chi connectivity index (χ1n) is 10.6. The van der Waals surface area contributed by atoms with Gasteiger partial charge in [-0.15, -0.1) is 0 Å². The van der Waals surface area contributed by atoms with E-state index >= 15 is 0 Å². The topological polar surface area (TPSA) is 68.4 Å². The number of nitrogens with zero attached hydrogens (tertiary/aromatic N) is 4. The predicted octanol–water partition coefficient (Wildman–Crippen LogP) is 0.749. The Balaban J connectivity index is 1.47. The summed E-state index contributed by atoms with van der Waals surface area (Å²) in [7, 11) is 1.78. The molecule has 3 aliphatic heterocycles. The average molecular weight is 402 g/mol. The van der Waals surface area contributed by atoms with Gasteiger partial charge in [-0.25, -0.2) is 4.79 Å². The maximum absolute atomic E-state index is 13.2. The third kappa shape index (κ3) is 3.90. The van der Waals surface area contributed by atoms with Crippen LogP contribution in [0.3, 0.4) is 0 Å². The van der Waals surface area contributed by atoms with Crippen molar-refractivity contribution >= 4 is 11.9 Å². The van der Waals surface area contributed by atoms with Crippen molar-refractivity contribution < 1.29 is 14.3 Å². The van der Waals surface area contributed by atoms with Gasteiger partial charge in [-0.1, -0.05) is 30.3 Å². The van der Waals surface area contributed by atoms with Gasteiger partial charge in [0.1, 0.15) is 18.5 Å². The number of benzene rings is 1. The van der Waals surface area contributed by atoms with E-state index in [0.29, 0.717) is 19.8 Å². The molecule has 3 heterocycles. The number of rotatable bonds is 7. The monoisotopic (exact) mass is 401 g/mol. The van der Waals surface area contributed by atoms with Crippen LogP contribution in [-0.2, 0) is 16.0 Å². The van der Waals surface area contributed by atoms with E-state index in [0.717, 1.165) is 32.5 Å². The highest BCUT2D eigenvalue weighted by Gasteiger charge is 2.55. The molecule has 4 rings (SSSR count). The zero-order valence-electron chi connectivity index (χ0n) is 17.3. The van der Waals surface area contributed by atoms with Gasteiger partial charge in [0, 0.05) is 33.3 Å². The highest BCUT2D eigenvalue weighted by Crippen LogP contribution is 2.30. The second kappa shape index (κ2) is 8.79. The summed E-state index contributed by atoms with van der Waals surface area (Å²) in [4.78, 5) is 33.6. The fourth-order valence-corrected chi connectivity index (χ4v) is 4.65. The van der Waals surface area contributed by atoms with E-state index < -0.39 is 0 Å². The van der Waals surface area contributed by atoms with Gasteiger partial charge >= 0.3 is 6.03 Å². The van der Waals surface area contributed by atoms with Gasteiger partial charge in [-0.2, -0.15) is 0 Å². The molecule has 3 amide bonds. The van der Waals surface area contributed by atoms with Crippen LogP contribution < -0.4 is 5.32 Å². The minimum atomic E-state index is -0.344. The highest BCUT2D eigenvalue weighted by molar-refractivity contribution is 6.00. The van der Waals surface area contributed by atoms with Crippen LogP contribution in [0.25, 0.3) is 0 Å². The third-order valence-electron chi connectivity index (χ3n) is 6.16. The summed E-state index contributed by atoms with van der Waals surface area (Å²) < 4.78 is 5.38. The number of ether oxygens (including phenoxy) is 1. The molecule has 0 aromatic heterocycles. The summed E-state index contributed by atoms with van der Waals surface area (Å²) in [6, 6.07) is 9.87. The quantitative estimate of drug-likeness (QED) is 0.680. The molecule has 1 aromatic rings. The molecule has 8 nitrogen and oxygen atoms in total. The Morgan fingerprint density at radius 3 is 2.69 bits per heavy atom. The van der Waals surface area contributed by atoms with Gasteiger partial charge in [0.15, 0.2) is 0 Å². The molecule has 3 atom stereocenters. The van der Waals surface area contributed by atoms with Gasteiger partial charge < -0.3 is 9.64 Å². The molecule has 3 unspecified atom stereocenters. The van der Waals surface area contributed by atoms with E-state index in [1.807, 2.05) is 13.0 Å². The van der Waals surface area contributed by atoms with Gasteiger partial charge in [-0.3, -0.25) is 24.8 Å². The van der Waals surface area contributed by atoms with Crippen LogP contribution in [0.4, 0.5) is 4.79 Å². The maximum atomic E-state index is 13.2. The number of fused-ring (bicyclic) bond motifs is 3. The Hall–Kier alpha value is -2.00. The first-order chi connectivity index (χ1) is 14.1. The number of nitrogens with one attached hydrogen (secondary N) is 1. The molecule has 0 saturated carbocycles. The van der Waals surface area contributed by atoms with Crippen LogP contribution in [0.15, 0.2) is 30.3 Å². The van der Waals surface area contributed by atoms with E-state index in [-0.39, 0.29) is 30.4 Å². The smallest absolute Gasteiger partial charge is 0.327 e. The molecule has 3 fully saturated rings. The molecule has 0 spiro atoms. The lowest BCUT2D eigenvalue weighted by atomic mass is 10.1. The minimum absolute atomic E-state index is 0.0199. The predicted molar refractivity (Wildman–Crippen MR) is 109 cm³/mol. The number of hydrogen-bond acceptors (Lipinski definition) is 6. The second-order valence-corrected chi connectivity index (χ2v) is 7.87. The summed E-state index contributed by atoms with van der Waals surface area (Å²) in [5.74, 6) is -0.113. The van der Waals surface area contributed by atoms with E-state index in [1.54, 1.807) is 11.9 Å². The van der Waals surface area contributed by atoms with E-state index in [4.69, 9.17) is 4.74 Å². The summed E-state index contributed by atoms with van der Waals surface area (Å²) in [6.45, 7) is 5.91. The Morgan fingerprint density at radius 2 is 1.93 bits per heavy atom. The van der Waals surface area contributed by atoms with E-state index in [1.165, 1.54) is 10.5 Å². The van der Waals surface area contributed by atoms with Gasteiger partial charge in [0.2, 0.25) is 0 Å².